The Bertz CT molecular complexity index is 402. The lowest BCUT2D eigenvalue weighted by Crippen LogP contribution is -2.39. The van der Waals surface area contributed by atoms with Gasteiger partial charge in [-0.05, 0) is 44.5 Å². The number of aromatic hydroxyl groups is 1. The predicted octanol–water partition coefficient (Wildman–Crippen LogP) is 1.54. The smallest absolute Gasteiger partial charge is 0.254 e. The first-order valence-electron chi connectivity index (χ1n) is 5.68. The van der Waals surface area contributed by atoms with Crippen LogP contribution in [0.1, 0.15) is 29.8 Å². The molecule has 1 amide bonds. The second-order valence-corrected chi connectivity index (χ2v) is 4.32. The van der Waals surface area contributed by atoms with Crippen molar-refractivity contribution in [1.29, 1.82) is 0 Å². The van der Waals surface area contributed by atoms with E-state index in [1.807, 2.05) is 13.8 Å². The highest BCUT2D eigenvalue weighted by atomic mass is 16.3. The number of carbonyl (C=O) groups is 1. The lowest BCUT2D eigenvalue weighted by molar-refractivity contribution is 0.0665. The number of hydrogen-bond donors (Lipinski definition) is 2. The Morgan fingerprint density at radius 3 is 2.53 bits per heavy atom. The molecule has 0 saturated carbocycles. The molecule has 0 bridgehead atoms. The van der Waals surface area contributed by atoms with Crippen LogP contribution in [0.3, 0.4) is 0 Å². The van der Waals surface area contributed by atoms with E-state index in [9.17, 15) is 9.90 Å². The normalized spacial score (nSPS) is 10.6. The van der Waals surface area contributed by atoms with Crippen molar-refractivity contribution >= 4 is 5.91 Å². The predicted molar refractivity (Wildman–Crippen MR) is 66.1 cm³/mol. The number of amides is 1. The van der Waals surface area contributed by atoms with Crippen LogP contribution >= 0.6 is 0 Å². The van der Waals surface area contributed by atoms with Crippen LogP contribution in [-0.2, 0) is 0 Å². The molecule has 0 aliphatic carbocycles. The first kappa shape index (κ1) is 13.5. The number of aliphatic hydroxyl groups is 1. The average Bonchev–Trinajstić information content (AvgIpc) is 2.28. The third-order valence-electron chi connectivity index (χ3n) is 2.67. The molecule has 0 saturated heterocycles. The average molecular weight is 237 g/mol. The van der Waals surface area contributed by atoms with Gasteiger partial charge in [-0.1, -0.05) is 0 Å². The fourth-order valence-corrected chi connectivity index (χ4v) is 1.66. The van der Waals surface area contributed by atoms with E-state index in [4.69, 9.17) is 5.11 Å². The summed E-state index contributed by atoms with van der Waals surface area (Å²) in [7, 11) is 0. The molecule has 0 fully saturated rings. The molecule has 0 radical (unpaired) electrons. The van der Waals surface area contributed by atoms with Crippen molar-refractivity contribution < 1.29 is 15.0 Å². The Morgan fingerprint density at radius 1 is 1.41 bits per heavy atom. The highest BCUT2D eigenvalue weighted by molar-refractivity contribution is 5.94. The molecule has 0 heterocycles. The second-order valence-electron chi connectivity index (χ2n) is 4.32. The maximum atomic E-state index is 12.2. The minimum absolute atomic E-state index is 0.0313. The lowest BCUT2D eigenvalue weighted by atomic mass is 10.1. The number of nitrogens with zero attached hydrogens (tertiary/aromatic N) is 1. The first-order valence-corrected chi connectivity index (χ1v) is 5.68. The van der Waals surface area contributed by atoms with E-state index in [-0.39, 0.29) is 24.3 Å². The van der Waals surface area contributed by atoms with Crippen LogP contribution in [0.2, 0.25) is 0 Å². The van der Waals surface area contributed by atoms with Crippen LogP contribution in [0.15, 0.2) is 18.2 Å². The maximum absolute atomic E-state index is 12.2. The van der Waals surface area contributed by atoms with Crippen LogP contribution in [0.25, 0.3) is 0 Å². The van der Waals surface area contributed by atoms with Crippen LogP contribution < -0.4 is 0 Å². The molecule has 17 heavy (non-hydrogen) atoms. The summed E-state index contributed by atoms with van der Waals surface area (Å²) < 4.78 is 0. The van der Waals surface area contributed by atoms with E-state index in [0.29, 0.717) is 17.7 Å². The summed E-state index contributed by atoms with van der Waals surface area (Å²) >= 11 is 0. The molecule has 0 aromatic heterocycles. The van der Waals surface area contributed by atoms with Crippen LogP contribution in [0.4, 0.5) is 0 Å². The number of carbonyl (C=O) groups excluding carboxylic acids is 1. The minimum Gasteiger partial charge on any atom is -0.508 e. The Labute approximate surface area is 101 Å². The van der Waals surface area contributed by atoms with Gasteiger partial charge in [-0.15, -0.1) is 0 Å². The number of benzene rings is 1. The highest BCUT2D eigenvalue weighted by Gasteiger charge is 2.18. The molecule has 1 aromatic carbocycles. The van der Waals surface area contributed by atoms with Gasteiger partial charge in [0.1, 0.15) is 5.75 Å². The third-order valence-corrected chi connectivity index (χ3v) is 2.67. The van der Waals surface area contributed by atoms with Gasteiger partial charge in [0, 0.05) is 18.2 Å². The summed E-state index contributed by atoms with van der Waals surface area (Å²) in [6, 6.07) is 4.80. The van der Waals surface area contributed by atoms with E-state index in [1.54, 1.807) is 24.0 Å². The van der Waals surface area contributed by atoms with Crippen molar-refractivity contribution in [3.8, 4) is 5.75 Å². The number of aliphatic hydroxyl groups excluding tert-OH is 1. The minimum atomic E-state index is -0.128. The quantitative estimate of drug-likeness (QED) is 0.835. The zero-order valence-electron chi connectivity index (χ0n) is 10.5. The number of rotatable bonds is 4. The Balaban J connectivity index is 2.97. The molecular weight excluding hydrogens is 218 g/mol. The van der Waals surface area contributed by atoms with Gasteiger partial charge >= 0.3 is 0 Å². The summed E-state index contributed by atoms with van der Waals surface area (Å²) in [5.74, 6) is 0.0527. The number of aryl methyl sites for hydroxylation is 1. The van der Waals surface area contributed by atoms with Gasteiger partial charge in [0.15, 0.2) is 0 Å². The van der Waals surface area contributed by atoms with Gasteiger partial charge in [-0.2, -0.15) is 0 Å². The molecule has 0 atom stereocenters. The van der Waals surface area contributed by atoms with Gasteiger partial charge in [0.05, 0.1) is 6.61 Å². The van der Waals surface area contributed by atoms with Crippen molar-refractivity contribution in [1.82, 2.24) is 4.90 Å². The van der Waals surface area contributed by atoms with Crippen LogP contribution in [-0.4, -0.2) is 40.2 Å². The van der Waals surface area contributed by atoms with Crippen LogP contribution in [0, 0.1) is 6.92 Å². The molecule has 94 valence electrons. The second kappa shape index (κ2) is 5.68. The molecule has 4 heteroatoms. The van der Waals surface area contributed by atoms with E-state index in [1.165, 1.54) is 6.07 Å². The van der Waals surface area contributed by atoms with Gasteiger partial charge in [0.2, 0.25) is 0 Å². The fraction of sp³-hybridized carbons (Fsp3) is 0.462. The molecule has 0 aliphatic heterocycles. The lowest BCUT2D eigenvalue weighted by Gasteiger charge is -2.26. The van der Waals surface area contributed by atoms with Crippen molar-refractivity contribution in [3.05, 3.63) is 29.3 Å². The zero-order valence-corrected chi connectivity index (χ0v) is 10.5. The van der Waals surface area contributed by atoms with Gasteiger partial charge < -0.3 is 15.1 Å². The summed E-state index contributed by atoms with van der Waals surface area (Å²) in [4.78, 5) is 13.8. The summed E-state index contributed by atoms with van der Waals surface area (Å²) in [5, 5.41) is 18.4. The Kier molecular flexibility index (Phi) is 4.52. The molecule has 1 aromatic rings. The fourth-order valence-electron chi connectivity index (χ4n) is 1.66. The van der Waals surface area contributed by atoms with Gasteiger partial charge in [-0.25, -0.2) is 0 Å². The van der Waals surface area contributed by atoms with Crippen molar-refractivity contribution in [2.45, 2.75) is 26.8 Å². The highest BCUT2D eigenvalue weighted by Crippen LogP contribution is 2.18. The van der Waals surface area contributed by atoms with Crippen LogP contribution in [0.5, 0.6) is 5.75 Å². The number of phenolic OH excluding ortho intramolecular Hbond substituents is 1. The summed E-state index contributed by atoms with van der Waals surface area (Å²) in [6.07, 6.45) is 0. The summed E-state index contributed by atoms with van der Waals surface area (Å²) in [5.41, 5.74) is 1.20. The van der Waals surface area contributed by atoms with Crippen molar-refractivity contribution in [3.63, 3.8) is 0 Å². The first-order chi connectivity index (χ1) is 7.97. The van der Waals surface area contributed by atoms with Crippen molar-refractivity contribution in [2.24, 2.45) is 0 Å². The molecule has 1 rings (SSSR count). The van der Waals surface area contributed by atoms with E-state index < -0.39 is 0 Å². The molecule has 4 nitrogen and oxygen atoms in total. The number of phenols is 1. The van der Waals surface area contributed by atoms with Crippen molar-refractivity contribution in [2.75, 3.05) is 13.2 Å². The van der Waals surface area contributed by atoms with E-state index in [2.05, 4.69) is 0 Å². The third kappa shape index (κ3) is 3.20. The molecule has 0 unspecified atom stereocenters. The molecule has 0 aliphatic rings. The van der Waals surface area contributed by atoms with Gasteiger partial charge in [-0.3, -0.25) is 4.79 Å². The summed E-state index contributed by atoms with van der Waals surface area (Å²) in [6.45, 7) is 5.82. The van der Waals surface area contributed by atoms with Gasteiger partial charge in [0.25, 0.3) is 5.91 Å². The standard InChI is InChI=1S/C13H19NO3/c1-9(2)14(6-7-15)13(17)11-4-5-12(16)10(3)8-11/h4-5,8-9,15-16H,6-7H2,1-3H3. The molecule has 2 N–H and O–H groups in total. The topological polar surface area (TPSA) is 60.8 Å². The molecule has 0 spiro atoms. The zero-order chi connectivity index (χ0) is 13.0. The maximum Gasteiger partial charge on any atom is 0.254 e. The Hall–Kier alpha value is -1.55. The largest absolute Gasteiger partial charge is 0.508 e. The SMILES string of the molecule is Cc1cc(C(=O)N(CCO)C(C)C)ccc1O. The van der Waals surface area contributed by atoms with E-state index >= 15 is 0 Å². The van der Waals surface area contributed by atoms with E-state index in [0.717, 1.165) is 0 Å². The number of hydrogen-bond acceptors (Lipinski definition) is 3. The molecular formula is C13H19NO3. The Morgan fingerprint density at radius 2 is 2.06 bits per heavy atom. The monoisotopic (exact) mass is 237 g/mol.